The van der Waals surface area contributed by atoms with E-state index in [1.807, 2.05) is 0 Å². The van der Waals surface area contributed by atoms with Crippen molar-refractivity contribution in [3.63, 3.8) is 0 Å². The lowest BCUT2D eigenvalue weighted by Crippen LogP contribution is -2.35. The van der Waals surface area contributed by atoms with Crippen molar-refractivity contribution >= 4 is 5.91 Å². The highest BCUT2D eigenvalue weighted by molar-refractivity contribution is 5.76. The molecule has 0 aliphatic rings. The van der Waals surface area contributed by atoms with Crippen LogP contribution >= 0.6 is 0 Å². The van der Waals surface area contributed by atoms with Gasteiger partial charge in [0.15, 0.2) is 0 Å². The molecule has 1 amide bonds. The summed E-state index contributed by atoms with van der Waals surface area (Å²) in [4.78, 5) is 10.3. The second-order valence-electron chi connectivity index (χ2n) is 1.60. The summed E-state index contributed by atoms with van der Waals surface area (Å²) in [5, 5.41) is 10.6. The Kier molecular flexibility index (Phi) is 4.00. The number of rotatable bonds is 3. The number of nitrogens with one attached hydrogen (secondary N) is 1. The molecule has 0 aliphatic carbocycles. The molecule has 9 heavy (non-hydrogen) atoms. The van der Waals surface area contributed by atoms with Crippen LogP contribution in [0, 0.1) is 0 Å². The Morgan fingerprint density at radius 1 is 1.89 bits per heavy atom. The zero-order valence-electron chi connectivity index (χ0n) is 5.55. The van der Waals surface area contributed by atoms with Crippen molar-refractivity contribution in [3.05, 3.63) is 0 Å². The molecule has 0 radical (unpaired) electrons. The van der Waals surface area contributed by atoms with Crippen LogP contribution in [0.2, 0.25) is 0 Å². The number of methoxy groups -OCH3 is 1. The average molecular weight is 133 g/mol. The maximum atomic E-state index is 10.3. The number of aliphatic hydroxyl groups is 1. The summed E-state index contributed by atoms with van der Waals surface area (Å²) in [5.41, 5.74) is 0. The fourth-order valence-corrected chi connectivity index (χ4v) is 0.331. The van der Waals surface area contributed by atoms with Crippen molar-refractivity contribution in [1.82, 2.24) is 5.32 Å². The molecule has 54 valence electrons. The third-order valence-electron chi connectivity index (χ3n) is 0.861. The highest BCUT2D eigenvalue weighted by Gasteiger charge is 2.01. The lowest BCUT2D eigenvalue weighted by atomic mass is 10.5. The summed E-state index contributed by atoms with van der Waals surface area (Å²) in [6.07, 6.45) is -0.329. The molecular formula is C5H11NO3. The fraction of sp³-hybridized carbons (Fsp3) is 0.800. The minimum absolute atomic E-state index is 0.329. The number of hydrogen-bond acceptors (Lipinski definition) is 3. The van der Waals surface area contributed by atoms with Crippen LogP contribution in [0.3, 0.4) is 0 Å². The molecule has 0 fully saturated rings. The summed E-state index contributed by atoms with van der Waals surface area (Å²) in [7, 11) is 1.47. The lowest BCUT2D eigenvalue weighted by Gasteiger charge is -2.09. The van der Waals surface area contributed by atoms with E-state index in [4.69, 9.17) is 5.11 Å². The van der Waals surface area contributed by atoms with E-state index in [0.29, 0.717) is 0 Å². The molecular weight excluding hydrogens is 122 g/mol. The van der Waals surface area contributed by atoms with Gasteiger partial charge < -0.3 is 15.2 Å². The van der Waals surface area contributed by atoms with Gasteiger partial charge in [-0.05, 0) is 6.92 Å². The van der Waals surface area contributed by atoms with E-state index < -0.39 is 12.5 Å². The maximum Gasteiger partial charge on any atom is 0.247 e. The van der Waals surface area contributed by atoms with Gasteiger partial charge in [0.2, 0.25) is 5.91 Å². The summed E-state index contributed by atoms with van der Waals surface area (Å²) in [5.74, 6) is -0.427. The quantitative estimate of drug-likeness (QED) is 0.490. The summed E-state index contributed by atoms with van der Waals surface area (Å²) >= 11 is 0. The largest absolute Gasteiger partial charge is 0.387 e. The van der Waals surface area contributed by atoms with Crippen molar-refractivity contribution in [1.29, 1.82) is 0 Å². The van der Waals surface area contributed by atoms with Gasteiger partial charge in [0.25, 0.3) is 0 Å². The molecule has 0 spiro atoms. The summed E-state index contributed by atoms with van der Waals surface area (Å²) < 4.78 is 4.68. The van der Waals surface area contributed by atoms with E-state index in [1.165, 1.54) is 7.11 Å². The number of ether oxygens (including phenoxy) is 1. The first-order valence-electron chi connectivity index (χ1n) is 2.63. The van der Waals surface area contributed by atoms with Gasteiger partial charge in [-0.15, -0.1) is 0 Å². The van der Waals surface area contributed by atoms with Gasteiger partial charge in [0.05, 0.1) is 0 Å². The molecule has 0 aliphatic heterocycles. The van der Waals surface area contributed by atoms with E-state index in [-0.39, 0.29) is 6.23 Å². The van der Waals surface area contributed by atoms with E-state index in [0.717, 1.165) is 0 Å². The average Bonchev–Trinajstić information content (AvgIpc) is 1.87. The van der Waals surface area contributed by atoms with Gasteiger partial charge in [0, 0.05) is 7.11 Å². The van der Waals surface area contributed by atoms with Crippen molar-refractivity contribution in [2.75, 3.05) is 13.7 Å². The lowest BCUT2D eigenvalue weighted by molar-refractivity contribution is -0.127. The Bertz CT molecular complexity index is 94.2. The van der Waals surface area contributed by atoms with E-state index in [1.54, 1.807) is 6.92 Å². The molecule has 1 unspecified atom stereocenters. The Hall–Kier alpha value is -0.610. The van der Waals surface area contributed by atoms with Gasteiger partial charge in [0.1, 0.15) is 12.8 Å². The Balaban J connectivity index is 3.34. The number of hydrogen-bond donors (Lipinski definition) is 2. The van der Waals surface area contributed by atoms with Crippen molar-refractivity contribution in [3.8, 4) is 0 Å². The standard InChI is InChI=1S/C5H11NO3/c1-4(9-2)6-5(8)3-7/h4,7H,3H2,1-2H3,(H,6,8). The number of amides is 1. The highest BCUT2D eigenvalue weighted by Crippen LogP contribution is 1.78. The predicted molar refractivity (Wildman–Crippen MR) is 31.7 cm³/mol. The van der Waals surface area contributed by atoms with Gasteiger partial charge in [-0.25, -0.2) is 0 Å². The molecule has 0 rings (SSSR count). The second kappa shape index (κ2) is 4.29. The molecule has 0 saturated heterocycles. The highest BCUT2D eigenvalue weighted by atomic mass is 16.5. The summed E-state index contributed by atoms with van der Waals surface area (Å²) in [6, 6.07) is 0. The Morgan fingerprint density at radius 3 is 2.78 bits per heavy atom. The minimum Gasteiger partial charge on any atom is -0.387 e. The molecule has 0 bridgehead atoms. The zero-order valence-corrected chi connectivity index (χ0v) is 5.55. The van der Waals surface area contributed by atoms with E-state index in [2.05, 4.69) is 10.1 Å². The monoisotopic (exact) mass is 133 g/mol. The molecule has 4 nitrogen and oxygen atoms in total. The van der Waals surface area contributed by atoms with Crippen LogP contribution < -0.4 is 5.32 Å². The molecule has 4 heteroatoms. The number of carbonyl (C=O) groups is 1. The smallest absolute Gasteiger partial charge is 0.247 e. The SMILES string of the molecule is COC(C)NC(=O)CO. The van der Waals surface area contributed by atoms with Crippen LogP contribution in [0.5, 0.6) is 0 Å². The molecule has 2 N–H and O–H groups in total. The van der Waals surface area contributed by atoms with Gasteiger partial charge >= 0.3 is 0 Å². The van der Waals surface area contributed by atoms with E-state index >= 15 is 0 Å². The first-order chi connectivity index (χ1) is 4.20. The van der Waals surface area contributed by atoms with Crippen LogP contribution in [0.15, 0.2) is 0 Å². The molecule has 0 saturated carbocycles. The predicted octanol–water partition coefficient (Wildman–Crippen LogP) is -0.913. The van der Waals surface area contributed by atoms with E-state index in [9.17, 15) is 4.79 Å². The third-order valence-corrected chi connectivity index (χ3v) is 0.861. The Morgan fingerprint density at radius 2 is 2.44 bits per heavy atom. The van der Waals surface area contributed by atoms with Crippen molar-refractivity contribution < 1.29 is 14.6 Å². The van der Waals surface area contributed by atoms with Gasteiger partial charge in [-0.2, -0.15) is 0 Å². The van der Waals surface area contributed by atoms with Crippen LogP contribution in [0.1, 0.15) is 6.92 Å². The molecule has 0 aromatic rings. The van der Waals surface area contributed by atoms with Crippen LogP contribution in [0.25, 0.3) is 0 Å². The zero-order chi connectivity index (χ0) is 7.28. The number of carbonyl (C=O) groups excluding carboxylic acids is 1. The summed E-state index contributed by atoms with van der Waals surface area (Å²) in [6.45, 7) is 1.18. The van der Waals surface area contributed by atoms with Crippen LogP contribution in [0.4, 0.5) is 0 Å². The van der Waals surface area contributed by atoms with Crippen molar-refractivity contribution in [2.24, 2.45) is 0 Å². The molecule has 0 heterocycles. The number of aliphatic hydroxyl groups excluding tert-OH is 1. The molecule has 0 aromatic heterocycles. The normalized spacial score (nSPS) is 12.8. The molecule has 0 aromatic carbocycles. The van der Waals surface area contributed by atoms with Crippen LogP contribution in [-0.4, -0.2) is 31.0 Å². The second-order valence-corrected chi connectivity index (χ2v) is 1.60. The maximum absolute atomic E-state index is 10.3. The van der Waals surface area contributed by atoms with Gasteiger partial charge in [-0.1, -0.05) is 0 Å². The van der Waals surface area contributed by atoms with Crippen molar-refractivity contribution in [2.45, 2.75) is 13.2 Å². The minimum atomic E-state index is -0.492. The van der Waals surface area contributed by atoms with Crippen LogP contribution in [-0.2, 0) is 9.53 Å². The van der Waals surface area contributed by atoms with Gasteiger partial charge in [-0.3, -0.25) is 4.79 Å². The third kappa shape index (κ3) is 3.93. The fourth-order valence-electron chi connectivity index (χ4n) is 0.331. The molecule has 1 atom stereocenters. The first kappa shape index (κ1) is 8.39. The topological polar surface area (TPSA) is 58.6 Å². The first-order valence-corrected chi connectivity index (χ1v) is 2.63. The Labute approximate surface area is 53.8 Å².